The fraction of sp³-hybridized carbons (Fsp3) is 0.409. The molecule has 0 amide bonds. The topological polar surface area (TPSA) is 28.1 Å². The van der Waals surface area contributed by atoms with Gasteiger partial charge in [0.15, 0.2) is 0 Å². The summed E-state index contributed by atoms with van der Waals surface area (Å²) in [5, 5.41) is 7.42. The number of piperidine rings is 1. The van der Waals surface area contributed by atoms with Crippen LogP contribution in [0.1, 0.15) is 43.4 Å². The van der Waals surface area contributed by atoms with Crippen molar-refractivity contribution in [2.24, 2.45) is 5.10 Å². The van der Waals surface area contributed by atoms with E-state index in [4.69, 9.17) is 9.84 Å². The van der Waals surface area contributed by atoms with E-state index in [-0.39, 0.29) is 11.8 Å². The normalized spacial score (nSPS) is 23.6. The fourth-order valence-corrected chi connectivity index (χ4v) is 4.86. The third-order valence-electron chi connectivity index (χ3n) is 6.17. The highest BCUT2D eigenvalue weighted by Gasteiger charge is 2.51. The van der Waals surface area contributed by atoms with E-state index in [0.717, 1.165) is 54.8 Å². The minimum absolute atomic E-state index is 0.266. The quantitative estimate of drug-likeness (QED) is 0.691. The lowest BCUT2D eigenvalue weighted by Crippen LogP contribution is -2.59. The highest BCUT2D eigenvalue weighted by atomic mass is 79.9. The number of hydrogen-bond donors (Lipinski definition) is 0. The molecule has 0 unspecified atom stereocenters. The Morgan fingerprint density at radius 3 is 2.59 bits per heavy atom. The molecule has 2 aromatic carbocycles. The summed E-state index contributed by atoms with van der Waals surface area (Å²) in [5.41, 5.74) is 3.30. The van der Waals surface area contributed by atoms with Crippen LogP contribution in [0.2, 0.25) is 0 Å². The third-order valence-corrected chi connectivity index (χ3v) is 6.70. The number of rotatable bonds is 2. The van der Waals surface area contributed by atoms with E-state index < -0.39 is 0 Å². The molecule has 3 heterocycles. The first-order valence-corrected chi connectivity index (χ1v) is 10.6. The van der Waals surface area contributed by atoms with Gasteiger partial charge in [-0.25, -0.2) is 5.01 Å². The van der Waals surface area contributed by atoms with Crippen molar-refractivity contribution < 1.29 is 4.74 Å². The average Bonchev–Trinajstić information content (AvgIpc) is 3.16. The number of fused-ring (bicyclic) bond motifs is 4. The molecule has 0 aromatic heterocycles. The third kappa shape index (κ3) is 2.88. The Morgan fingerprint density at radius 2 is 1.85 bits per heavy atom. The van der Waals surface area contributed by atoms with Gasteiger partial charge in [0.2, 0.25) is 5.72 Å². The molecule has 1 fully saturated rings. The van der Waals surface area contributed by atoms with Crippen LogP contribution in [0.3, 0.4) is 0 Å². The molecule has 1 saturated heterocycles. The standard InChI is InChI=1S/C22H24BrN3O/c1-2-25-13-11-22(12-14-25)26-20(18-5-3-4-6-21(18)27-22)15-19(24-26)16-7-9-17(23)10-8-16/h3-10,20H,2,11-15H2,1H3/t20-/m1/s1. The van der Waals surface area contributed by atoms with Crippen LogP contribution in [0.25, 0.3) is 0 Å². The van der Waals surface area contributed by atoms with Crippen molar-refractivity contribution in [2.75, 3.05) is 19.6 Å². The lowest BCUT2D eigenvalue weighted by atomic mass is 9.91. The Hall–Kier alpha value is -1.85. The van der Waals surface area contributed by atoms with Crippen molar-refractivity contribution in [3.8, 4) is 5.75 Å². The predicted octanol–water partition coefficient (Wildman–Crippen LogP) is 4.80. The molecule has 0 N–H and O–H groups in total. The Kier molecular flexibility index (Phi) is 4.25. The van der Waals surface area contributed by atoms with Gasteiger partial charge in [0.1, 0.15) is 5.75 Å². The van der Waals surface area contributed by atoms with E-state index in [9.17, 15) is 0 Å². The number of hydrazone groups is 1. The summed E-state index contributed by atoms with van der Waals surface area (Å²) in [5.74, 6) is 1.04. The van der Waals surface area contributed by atoms with Crippen molar-refractivity contribution >= 4 is 21.6 Å². The van der Waals surface area contributed by atoms with Gasteiger partial charge in [0, 0.05) is 42.4 Å². The smallest absolute Gasteiger partial charge is 0.200 e. The van der Waals surface area contributed by atoms with E-state index in [1.165, 1.54) is 11.1 Å². The maximum Gasteiger partial charge on any atom is 0.200 e. The number of halogens is 1. The Labute approximate surface area is 168 Å². The maximum atomic E-state index is 6.66. The van der Waals surface area contributed by atoms with Gasteiger partial charge in [-0.15, -0.1) is 0 Å². The van der Waals surface area contributed by atoms with Crippen LogP contribution < -0.4 is 4.74 Å². The van der Waals surface area contributed by atoms with Gasteiger partial charge in [-0.2, -0.15) is 5.10 Å². The summed E-state index contributed by atoms with van der Waals surface area (Å²) in [6, 6.07) is 17.3. The van der Waals surface area contributed by atoms with Gasteiger partial charge in [-0.3, -0.25) is 0 Å². The molecule has 0 aliphatic carbocycles. The van der Waals surface area contributed by atoms with E-state index in [0.29, 0.717) is 0 Å². The van der Waals surface area contributed by atoms with Gasteiger partial charge >= 0.3 is 0 Å². The number of benzene rings is 2. The van der Waals surface area contributed by atoms with Crippen LogP contribution in [-0.4, -0.2) is 41.0 Å². The van der Waals surface area contributed by atoms with Crippen molar-refractivity contribution in [3.63, 3.8) is 0 Å². The molecule has 27 heavy (non-hydrogen) atoms. The number of para-hydroxylation sites is 1. The molecule has 0 radical (unpaired) electrons. The van der Waals surface area contributed by atoms with Crippen molar-refractivity contribution in [1.29, 1.82) is 0 Å². The van der Waals surface area contributed by atoms with E-state index in [2.05, 4.69) is 81.3 Å². The van der Waals surface area contributed by atoms with Crippen LogP contribution in [0.5, 0.6) is 5.75 Å². The molecular weight excluding hydrogens is 402 g/mol. The molecule has 5 rings (SSSR count). The first kappa shape index (κ1) is 17.3. The van der Waals surface area contributed by atoms with Crippen molar-refractivity contribution in [3.05, 3.63) is 64.1 Å². The molecule has 140 valence electrons. The van der Waals surface area contributed by atoms with E-state index in [1.54, 1.807) is 0 Å². The minimum Gasteiger partial charge on any atom is -0.466 e. The van der Waals surface area contributed by atoms with Crippen LogP contribution >= 0.6 is 15.9 Å². The summed E-state index contributed by atoms with van der Waals surface area (Å²) in [6.07, 6.45) is 2.91. The molecule has 1 spiro atoms. The second kappa shape index (κ2) is 6.64. The second-order valence-corrected chi connectivity index (χ2v) is 8.55. The summed E-state index contributed by atoms with van der Waals surface area (Å²) < 4.78 is 7.75. The Morgan fingerprint density at radius 1 is 1.11 bits per heavy atom. The molecular formula is C22H24BrN3O. The molecule has 3 aliphatic rings. The lowest BCUT2D eigenvalue weighted by molar-refractivity contribution is -0.149. The fourth-order valence-electron chi connectivity index (χ4n) is 4.59. The van der Waals surface area contributed by atoms with E-state index >= 15 is 0 Å². The molecule has 5 heteroatoms. The minimum atomic E-state index is -0.318. The summed E-state index contributed by atoms with van der Waals surface area (Å²) in [4.78, 5) is 2.50. The van der Waals surface area contributed by atoms with Crippen LogP contribution in [0.15, 0.2) is 58.1 Å². The summed E-state index contributed by atoms with van der Waals surface area (Å²) in [7, 11) is 0. The zero-order valence-corrected chi connectivity index (χ0v) is 17.2. The Bertz CT molecular complexity index is 871. The van der Waals surface area contributed by atoms with Crippen molar-refractivity contribution in [1.82, 2.24) is 9.91 Å². The first-order valence-electron chi connectivity index (χ1n) is 9.81. The number of hydrogen-bond acceptors (Lipinski definition) is 4. The molecule has 4 nitrogen and oxygen atoms in total. The zero-order valence-electron chi connectivity index (χ0n) is 15.6. The molecule has 0 bridgehead atoms. The maximum absolute atomic E-state index is 6.66. The Balaban J connectivity index is 1.54. The number of likely N-dealkylation sites (tertiary alicyclic amines) is 1. The molecule has 2 aromatic rings. The van der Waals surface area contributed by atoms with Crippen molar-refractivity contribution in [2.45, 2.75) is 38.0 Å². The largest absolute Gasteiger partial charge is 0.466 e. The van der Waals surface area contributed by atoms with Gasteiger partial charge in [-0.1, -0.05) is 53.2 Å². The molecule has 3 aliphatic heterocycles. The zero-order chi connectivity index (χ0) is 18.4. The van der Waals surface area contributed by atoms with E-state index in [1.807, 2.05) is 0 Å². The van der Waals surface area contributed by atoms with Crippen LogP contribution in [0, 0.1) is 0 Å². The van der Waals surface area contributed by atoms with Gasteiger partial charge in [0.05, 0.1) is 11.8 Å². The summed E-state index contributed by atoms with van der Waals surface area (Å²) >= 11 is 3.53. The monoisotopic (exact) mass is 425 g/mol. The molecule has 1 atom stereocenters. The average molecular weight is 426 g/mol. The number of ether oxygens (including phenoxy) is 1. The van der Waals surface area contributed by atoms with Gasteiger partial charge in [-0.05, 0) is 30.3 Å². The lowest BCUT2D eigenvalue weighted by Gasteiger charge is -2.51. The highest BCUT2D eigenvalue weighted by molar-refractivity contribution is 9.10. The van der Waals surface area contributed by atoms with Gasteiger partial charge in [0.25, 0.3) is 0 Å². The predicted molar refractivity (Wildman–Crippen MR) is 111 cm³/mol. The molecule has 0 saturated carbocycles. The van der Waals surface area contributed by atoms with Crippen LogP contribution in [-0.2, 0) is 0 Å². The first-order chi connectivity index (χ1) is 13.2. The number of nitrogens with zero attached hydrogens (tertiary/aromatic N) is 3. The van der Waals surface area contributed by atoms with Gasteiger partial charge < -0.3 is 9.64 Å². The second-order valence-electron chi connectivity index (χ2n) is 7.64. The SMILES string of the molecule is CCN1CCC2(CC1)Oc1ccccc1[C@H]1CC(c3ccc(Br)cc3)=NN12. The highest BCUT2D eigenvalue weighted by Crippen LogP contribution is 2.49. The summed E-state index contributed by atoms with van der Waals surface area (Å²) in [6.45, 7) is 5.46. The van der Waals surface area contributed by atoms with Crippen LogP contribution in [0.4, 0.5) is 0 Å².